The summed E-state index contributed by atoms with van der Waals surface area (Å²) in [6.07, 6.45) is -7.74. The van der Waals surface area contributed by atoms with Crippen molar-refractivity contribution >= 4 is 45.4 Å². The average molecular weight is 751 g/mol. The molecule has 0 saturated heterocycles. The summed E-state index contributed by atoms with van der Waals surface area (Å²) in [5.41, 5.74) is -0.0198. The topological polar surface area (TPSA) is 57.4 Å². The lowest BCUT2D eigenvalue weighted by molar-refractivity contribution is -0.0822. The summed E-state index contributed by atoms with van der Waals surface area (Å²) in [5.74, 6) is 0. The Kier molecular flexibility index (Phi) is 8.34. The van der Waals surface area contributed by atoms with Crippen LogP contribution in [0.2, 0.25) is 0 Å². The van der Waals surface area contributed by atoms with E-state index in [1.807, 2.05) is 72.8 Å². The van der Waals surface area contributed by atoms with Crippen LogP contribution in [0.5, 0.6) is 0 Å². The van der Waals surface area contributed by atoms with Gasteiger partial charge in [0.15, 0.2) is 0 Å². The summed E-state index contributed by atoms with van der Waals surface area (Å²) >= 11 is 0. The highest BCUT2D eigenvalue weighted by Crippen LogP contribution is 2.53. The first-order valence-corrected chi connectivity index (χ1v) is 17.7. The SMILES string of the molecule is FC(F)(F)C1=C(C(F)(F)F)c2nc1c(-c1ccccc1)c1nc(c(-c3ccccc3)c3ccc([nH]3)c(-c3ccccc3)c3ccc([nH]3)c2-c2ccccc2)C=C1. The minimum Gasteiger partial charge on any atom is -0.354 e. The second-order valence-corrected chi connectivity index (χ2v) is 13.3. The van der Waals surface area contributed by atoms with E-state index in [2.05, 4.69) is 15.0 Å². The minimum absolute atomic E-state index is 0.0294. The molecule has 3 aromatic heterocycles. The van der Waals surface area contributed by atoms with E-state index in [0.717, 1.165) is 11.1 Å². The number of nitrogens with zero attached hydrogens (tertiary/aromatic N) is 2. The lowest BCUT2D eigenvalue weighted by Gasteiger charge is -2.17. The zero-order valence-electron chi connectivity index (χ0n) is 29.2. The van der Waals surface area contributed by atoms with E-state index in [-0.39, 0.29) is 33.5 Å². The van der Waals surface area contributed by atoms with Crippen molar-refractivity contribution in [2.75, 3.05) is 0 Å². The molecule has 2 aliphatic rings. The van der Waals surface area contributed by atoms with Crippen LogP contribution in [0.25, 0.3) is 89.9 Å². The molecule has 2 N–H and O–H groups in total. The minimum atomic E-state index is -5.47. The Labute approximate surface area is 316 Å². The van der Waals surface area contributed by atoms with Gasteiger partial charge in [0.05, 0.1) is 33.9 Å². The molecule has 56 heavy (non-hydrogen) atoms. The number of aromatic nitrogens is 4. The highest BCUT2D eigenvalue weighted by Gasteiger charge is 2.52. The molecule has 9 rings (SSSR count). The van der Waals surface area contributed by atoms with Crippen LogP contribution in [0, 0.1) is 0 Å². The van der Waals surface area contributed by atoms with Gasteiger partial charge in [0.1, 0.15) is 0 Å². The third-order valence-corrected chi connectivity index (χ3v) is 9.84. The molecule has 8 bridgehead atoms. The van der Waals surface area contributed by atoms with Gasteiger partial charge < -0.3 is 9.97 Å². The largest absolute Gasteiger partial charge is 0.419 e. The zero-order valence-corrected chi connectivity index (χ0v) is 29.2. The van der Waals surface area contributed by atoms with Gasteiger partial charge in [0, 0.05) is 44.3 Å². The number of hydrogen-bond donors (Lipinski definition) is 2. The Balaban J connectivity index is 1.58. The summed E-state index contributed by atoms with van der Waals surface area (Å²) in [5, 5.41) is 0. The molecule has 0 aliphatic carbocycles. The van der Waals surface area contributed by atoms with Crippen LogP contribution < -0.4 is 0 Å². The molecular weight excluding hydrogens is 723 g/mol. The number of benzene rings is 4. The molecule has 10 heteroatoms. The van der Waals surface area contributed by atoms with Crippen molar-refractivity contribution < 1.29 is 26.3 Å². The van der Waals surface area contributed by atoms with Crippen molar-refractivity contribution in [3.8, 4) is 44.5 Å². The molecular formula is C46H28F6N4. The maximum Gasteiger partial charge on any atom is 0.419 e. The fourth-order valence-electron chi connectivity index (χ4n) is 7.53. The molecule has 0 saturated carbocycles. The third-order valence-electron chi connectivity index (χ3n) is 9.84. The first-order valence-electron chi connectivity index (χ1n) is 17.7. The van der Waals surface area contributed by atoms with Crippen molar-refractivity contribution in [2.24, 2.45) is 0 Å². The number of rotatable bonds is 4. The predicted molar refractivity (Wildman–Crippen MR) is 211 cm³/mol. The summed E-state index contributed by atoms with van der Waals surface area (Å²) < 4.78 is 93.1. The molecule has 0 amide bonds. The van der Waals surface area contributed by atoms with Crippen LogP contribution in [0.3, 0.4) is 0 Å². The number of aromatic amines is 2. The predicted octanol–water partition coefficient (Wildman–Crippen LogP) is 13.2. The van der Waals surface area contributed by atoms with Crippen LogP contribution in [-0.2, 0) is 0 Å². The summed E-state index contributed by atoms with van der Waals surface area (Å²) in [6, 6.07) is 42.0. The van der Waals surface area contributed by atoms with Gasteiger partial charge in [-0.1, -0.05) is 121 Å². The van der Waals surface area contributed by atoms with E-state index in [0.29, 0.717) is 33.4 Å². The number of H-pyrrole nitrogens is 2. The molecule has 0 atom stereocenters. The maximum atomic E-state index is 15.5. The molecule has 274 valence electrons. The van der Waals surface area contributed by atoms with Crippen LogP contribution >= 0.6 is 0 Å². The first kappa shape index (κ1) is 34.8. The molecule has 4 aromatic carbocycles. The van der Waals surface area contributed by atoms with Crippen molar-refractivity contribution in [2.45, 2.75) is 12.4 Å². The number of fused-ring (bicyclic) bond motifs is 8. The Morgan fingerprint density at radius 2 is 0.661 bits per heavy atom. The van der Waals surface area contributed by atoms with Gasteiger partial charge in [0.2, 0.25) is 0 Å². The monoisotopic (exact) mass is 750 g/mol. The standard InChI is InChI=1S/C46H28F6N4/c47-45(48,49)41-42(46(50,51)52)44-40(30-19-11-4-12-20-30)36-26-24-34(55-36)38(28-15-7-2-8-16-28)32-22-21-31(53-32)37(27-13-5-1-6-14-27)33-23-25-35(54-33)39(43(41)56-44)29-17-9-3-10-18-29/h1-26,53-54H. The number of hydrogen-bond acceptors (Lipinski definition) is 2. The van der Waals surface area contributed by atoms with E-state index in [9.17, 15) is 0 Å². The molecule has 0 unspecified atom stereocenters. The summed E-state index contributed by atoms with van der Waals surface area (Å²) in [7, 11) is 0. The Bertz CT molecular complexity index is 2850. The molecule has 0 radical (unpaired) electrons. The fourth-order valence-corrected chi connectivity index (χ4v) is 7.53. The molecule has 0 spiro atoms. The third kappa shape index (κ3) is 6.09. The van der Waals surface area contributed by atoms with E-state index in [1.165, 1.54) is 6.08 Å². The summed E-state index contributed by atoms with van der Waals surface area (Å²) in [4.78, 5) is 16.2. The summed E-state index contributed by atoms with van der Waals surface area (Å²) in [6.45, 7) is 0. The van der Waals surface area contributed by atoms with E-state index < -0.39 is 34.9 Å². The Morgan fingerprint density at radius 1 is 0.339 bits per heavy atom. The Morgan fingerprint density at radius 3 is 1.09 bits per heavy atom. The van der Waals surface area contributed by atoms with Crippen molar-refractivity contribution in [3.05, 3.63) is 168 Å². The fraction of sp³-hybridized carbons (Fsp3) is 0.0435. The number of allylic oxidation sites excluding steroid dienone is 2. The van der Waals surface area contributed by atoms with Gasteiger partial charge in [-0.05, 0) is 58.7 Å². The van der Waals surface area contributed by atoms with Crippen LogP contribution in [0.1, 0.15) is 22.8 Å². The second-order valence-electron chi connectivity index (χ2n) is 13.3. The maximum absolute atomic E-state index is 15.5. The van der Waals surface area contributed by atoms with Gasteiger partial charge in [0.25, 0.3) is 0 Å². The van der Waals surface area contributed by atoms with Gasteiger partial charge in [-0.25, -0.2) is 9.97 Å². The van der Waals surface area contributed by atoms with E-state index >= 15 is 26.3 Å². The van der Waals surface area contributed by atoms with Crippen LogP contribution in [-0.4, -0.2) is 32.3 Å². The highest BCUT2D eigenvalue weighted by molar-refractivity contribution is 6.07. The number of nitrogens with one attached hydrogen (secondary N) is 2. The van der Waals surface area contributed by atoms with E-state index in [1.54, 1.807) is 78.9 Å². The molecule has 0 fully saturated rings. The normalized spacial score (nSPS) is 13.0. The van der Waals surface area contributed by atoms with Gasteiger partial charge in [-0.15, -0.1) is 0 Å². The van der Waals surface area contributed by atoms with Crippen molar-refractivity contribution in [3.63, 3.8) is 0 Å². The van der Waals surface area contributed by atoms with Crippen LogP contribution in [0.4, 0.5) is 26.3 Å². The van der Waals surface area contributed by atoms with Gasteiger partial charge >= 0.3 is 12.4 Å². The number of halogens is 6. The van der Waals surface area contributed by atoms with Crippen molar-refractivity contribution in [1.29, 1.82) is 0 Å². The zero-order chi connectivity index (χ0) is 38.6. The van der Waals surface area contributed by atoms with Crippen molar-refractivity contribution in [1.82, 2.24) is 19.9 Å². The highest BCUT2D eigenvalue weighted by atomic mass is 19.4. The van der Waals surface area contributed by atoms with Crippen LogP contribution in [0.15, 0.2) is 146 Å². The second kappa shape index (κ2) is 13.4. The molecule has 5 heterocycles. The average Bonchev–Trinajstić information content (AvgIpc) is 4.02. The quantitative estimate of drug-likeness (QED) is 0.176. The van der Waals surface area contributed by atoms with Gasteiger partial charge in [-0.3, -0.25) is 0 Å². The first-order chi connectivity index (χ1) is 27.1. The molecule has 4 nitrogen and oxygen atoms in total. The van der Waals surface area contributed by atoms with E-state index in [4.69, 9.17) is 4.98 Å². The number of alkyl halides is 6. The Hall–Kier alpha value is -6.94. The lowest BCUT2D eigenvalue weighted by atomic mass is 9.94. The smallest absolute Gasteiger partial charge is 0.354 e. The molecule has 2 aliphatic heterocycles. The molecule has 7 aromatic rings. The van der Waals surface area contributed by atoms with Gasteiger partial charge in [-0.2, -0.15) is 26.3 Å². The lowest BCUT2D eigenvalue weighted by Crippen LogP contribution is -2.18.